The fourth-order valence-corrected chi connectivity index (χ4v) is 5.21. The standard InChI is InChI=1S/C23H30BrFN2O2Si/c1-17(14-27(16-30(3,4)5)15-18-9-7-6-8-10-18)26-13-19-11-22(25)21(24)12-20(19)23(28)29-2/h6-13,17H,14-16H2,1-5H3/b26-13+/t17-/m1/s1. The molecule has 0 aromatic heterocycles. The Hall–Kier alpha value is -1.83. The molecule has 0 N–H and O–H groups in total. The number of nitrogens with zero attached hydrogens (tertiary/aromatic N) is 2. The normalized spacial score (nSPS) is 13.1. The van der Waals surface area contributed by atoms with Crippen LogP contribution in [0.1, 0.15) is 28.4 Å². The van der Waals surface area contributed by atoms with Gasteiger partial charge in [-0.2, -0.15) is 0 Å². The van der Waals surface area contributed by atoms with Crippen LogP contribution < -0.4 is 0 Å². The van der Waals surface area contributed by atoms with Gasteiger partial charge in [-0.1, -0.05) is 50.0 Å². The molecular weight excluding hydrogens is 463 g/mol. The van der Waals surface area contributed by atoms with Crippen molar-refractivity contribution in [2.24, 2.45) is 4.99 Å². The van der Waals surface area contributed by atoms with E-state index < -0.39 is 19.9 Å². The quantitative estimate of drug-likeness (QED) is 0.261. The molecule has 30 heavy (non-hydrogen) atoms. The van der Waals surface area contributed by atoms with Crippen LogP contribution in [0.25, 0.3) is 0 Å². The Morgan fingerprint density at radius 1 is 1.27 bits per heavy atom. The molecule has 0 saturated carbocycles. The van der Waals surface area contributed by atoms with Crippen molar-refractivity contribution in [3.63, 3.8) is 0 Å². The van der Waals surface area contributed by atoms with Crippen molar-refractivity contribution >= 4 is 36.2 Å². The zero-order valence-corrected chi connectivity index (χ0v) is 20.9. The van der Waals surface area contributed by atoms with Crippen LogP contribution in [0.4, 0.5) is 4.39 Å². The van der Waals surface area contributed by atoms with Crippen LogP contribution in [0.3, 0.4) is 0 Å². The van der Waals surface area contributed by atoms with E-state index in [2.05, 4.69) is 69.7 Å². The lowest BCUT2D eigenvalue weighted by Gasteiger charge is -2.30. The molecule has 0 radical (unpaired) electrons. The van der Waals surface area contributed by atoms with Crippen molar-refractivity contribution in [3.05, 3.63) is 69.4 Å². The molecule has 0 aliphatic carbocycles. The molecule has 7 heteroatoms. The molecule has 0 aliphatic heterocycles. The van der Waals surface area contributed by atoms with Gasteiger partial charge in [-0.3, -0.25) is 9.89 Å². The topological polar surface area (TPSA) is 41.9 Å². The van der Waals surface area contributed by atoms with E-state index in [9.17, 15) is 9.18 Å². The van der Waals surface area contributed by atoms with E-state index in [1.54, 1.807) is 6.21 Å². The van der Waals surface area contributed by atoms with Crippen molar-refractivity contribution in [3.8, 4) is 0 Å². The van der Waals surface area contributed by atoms with Gasteiger partial charge in [0.15, 0.2) is 0 Å². The number of aliphatic imine (C=N–C) groups is 1. The molecule has 2 rings (SSSR count). The highest BCUT2D eigenvalue weighted by Gasteiger charge is 2.20. The second-order valence-corrected chi connectivity index (χ2v) is 15.0. The Labute approximate surface area is 188 Å². The highest BCUT2D eigenvalue weighted by Crippen LogP contribution is 2.21. The van der Waals surface area contributed by atoms with Gasteiger partial charge in [0.05, 0.1) is 31.3 Å². The van der Waals surface area contributed by atoms with Crippen molar-refractivity contribution in [1.82, 2.24) is 4.90 Å². The Morgan fingerprint density at radius 3 is 2.53 bits per heavy atom. The first-order valence-electron chi connectivity index (χ1n) is 9.96. The highest BCUT2D eigenvalue weighted by atomic mass is 79.9. The van der Waals surface area contributed by atoms with E-state index in [1.807, 2.05) is 13.0 Å². The van der Waals surface area contributed by atoms with Crippen LogP contribution in [0.5, 0.6) is 0 Å². The minimum absolute atomic E-state index is 0.0118. The zero-order valence-electron chi connectivity index (χ0n) is 18.3. The lowest BCUT2D eigenvalue weighted by molar-refractivity contribution is 0.0600. The highest BCUT2D eigenvalue weighted by molar-refractivity contribution is 9.10. The maximum absolute atomic E-state index is 14.0. The van der Waals surface area contributed by atoms with Gasteiger partial charge in [-0.05, 0) is 46.7 Å². The third-order valence-electron chi connectivity index (χ3n) is 4.44. The second kappa shape index (κ2) is 11.0. The maximum Gasteiger partial charge on any atom is 0.338 e. The number of rotatable bonds is 9. The molecule has 0 fully saturated rings. The minimum atomic E-state index is -1.31. The summed E-state index contributed by atoms with van der Waals surface area (Å²) >= 11 is 3.12. The van der Waals surface area contributed by atoms with Gasteiger partial charge >= 0.3 is 5.97 Å². The van der Waals surface area contributed by atoms with Crippen molar-refractivity contribution in [2.75, 3.05) is 19.8 Å². The van der Waals surface area contributed by atoms with Gasteiger partial charge in [-0.15, -0.1) is 0 Å². The van der Waals surface area contributed by atoms with Crippen LogP contribution in [-0.4, -0.2) is 51.0 Å². The molecular formula is C23H30BrFN2O2Si. The summed E-state index contributed by atoms with van der Waals surface area (Å²) in [6.07, 6.45) is 2.63. The largest absolute Gasteiger partial charge is 0.465 e. The van der Waals surface area contributed by atoms with Crippen LogP contribution in [0.15, 0.2) is 51.9 Å². The Bertz CT molecular complexity index is 885. The van der Waals surface area contributed by atoms with Crippen molar-refractivity contribution < 1.29 is 13.9 Å². The summed E-state index contributed by atoms with van der Waals surface area (Å²) < 4.78 is 19.1. The third kappa shape index (κ3) is 7.78. The third-order valence-corrected chi connectivity index (χ3v) is 6.44. The van der Waals surface area contributed by atoms with Gasteiger partial charge in [0.25, 0.3) is 0 Å². The fourth-order valence-electron chi connectivity index (χ4n) is 3.28. The Kier molecular flexibility index (Phi) is 8.94. The lowest BCUT2D eigenvalue weighted by Crippen LogP contribution is -2.42. The Morgan fingerprint density at radius 2 is 1.93 bits per heavy atom. The first-order chi connectivity index (χ1) is 14.1. The smallest absolute Gasteiger partial charge is 0.338 e. The second-order valence-electron chi connectivity index (χ2n) is 8.69. The average Bonchev–Trinajstić information content (AvgIpc) is 2.67. The zero-order chi connectivity index (χ0) is 22.3. The summed E-state index contributed by atoms with van der Waals surface area (Å²) in [6.45, 7) is 10.7. The number of carbonyl (C=O) groups excluding carboxylic acids is 1. The molecule has 0 amide bonds. The van der Waals surface area contributed by atoms with E-state index in [1.165, 1.54) is 24.8 Å². The summed E-state index contributed by atoms with van der Waals surface area (Å²) in [7, 11) is -0.00581. The Balaban J connectivity index is 2.18. The van der Waals surface area contributed by atoms with Gasteiger partial charge in [0.1, 0.15) is 5.82 Å². The molecule has 162 valence electrons. The minimum Gasteiger partial charge on any atom is -0.465 e. The van der Waals surface area contributed by atoms with Gasteiger partial charge in [-0.25, -0.2) is 9.18 Å². The molecule has 0 aliphatic rings. The van der Waals surface area contributed by atoms with Gasteiger partial charge < -0.3 is 4.74 Å². The number of esters is 1. The fraction of sp³-hybridized carbons (Fsp3) is 0.391. The maximum atomic E-state index is 14.0. The first-order valence-corrected chi connectivity index (χ1v) is 14.5. The number of halogens is 2. The number of hydrogen-bond acceptors (Lipinski definition) is 4. The molecule has 2 aromatic carbocycles. The van der Waals surface area contributed by atoms with Crippen LogP contribution in [0, 0.1) is 5.82 Å². The van der Waals surface area contributed by atoms with E-state index in [-0.39, 0.29) is 16.1 Å². The molecule has 0 saturated heterocycles. The van der Waals surface area contributed by atoms with Crippen molar-refractivity contribution in [1.29, 1.82) is 0 Å². The molecule has 4 nitrogen and oxygen atoms in total. The van der Waals surface area contributed by atoms with Gasteiger partial charge in [0.2, 0.25) is 0 Å². The summed E-state index contributed by atoms with van der Waals surface area (Å²) in [4.78, 5) is 19.1. The van der Waals surface area contributed by atoms with E-state index in [0.717, 1.165) is 19.3 Å². The SMILES string of the molecule is COC(=O)c1cc(Br)c(F)cc1/C=N/[C@H](C)CN(Cc1ccccc1)C[Si](C)(C)C. The molecule has 2 aromatic rings. The molecule has 0 unspecified atom stereocenters. The molecule has 0 heterocycles. The monoisotopic (exact) mass is 492 g/mol. The molecule has 0 spiro atoms. The summed E-state index contributed by atoms with van der Waals surface area (Å²) in [5, 5.41) is 0. The lowest BCUT2D eigenvalue weighted by atomic mass is 10.1. The summed E-state index contributed by atoms with van der Waals surface area (Å²) in [6, 6.07) is 13.1. The van der Waals surface area contributed by atoms with E-state index in [4.69, 9.17) is 4.74 Å². The number of benzene rings is 2. The number of carbonyl (C=O) groups is 1. The number of methoxy groups -OCH3 is 1. The predicted molar refractivity (Wildman–Crippen MR) is 128 cm³/mol. The van der Waals surface area contributed by atoms with E-state index >= 15 is 0 Å². The van der Waals surface area contributed by atoms with E-state index in [0.29, 0.717) is 5.56 Å². The van der Waals surface area contributed by atoms with Crippen molar-refractivity contribution in [2.45, 2.75) is 39.2 Å². The number of ether oxygens (including phenoxy) is 1. The van der Waals surface area contributed by atoms with Crippen LogP contribution in [0.2, 0.25) is 19.6 Å². The molecule has 0 bridgehead atoms. The summed E-state index contributed by atoms with van der Waals surface area (Å²) in [5.41, 5.74) is 1.97. The van der Waals surface area contributed by atoms with Gasteiger partial charge in [0, 0.05) is 24.9 Å². The average molecular weight is 493 g/mol. The van der Waals surface area contributed by atoms with Crippen LogP contribution in [-0.2, 0) is 11.3 Å². The first kappa shape index (κ1) is 24.4. The number of hydrogen-bond donors (Lipinski definition) is 0. The van der Waals surface area contributed by atoms with Crippen LogP contribution >= 0.6 is 15.9 Å². The predicted octanol–water partition coefficient (Wildman–Crippen LogP) is 5.56. The summed E-state index contributed by atoms with van der Waals surface area (Å²) in [5.74, 6) is -0.963. The molecule has 1 atom stereocenters.